The number of hydrogen-bond acceptors (Lipinski definition) is 12. The van der Waals surface area contributed by atoms with Crippen molar-refractivity contribution in [3.63, 3.8) is 0 Å². The minimum Gasteiger partial charge on any atom is -0.497 e. The summed E-state index contributed by atoms with van der Waals surface area (Å²) in [5.41, 5.74) is 3.67. The minimum absolute atomic E-state index is 0.0192. The summed E-state index contributed by atoms with van der Waals surface area (Å²) in [6.45, 7) is 3.08. The number of amides is 3. The number of nitrogens with one attached hydrogen (secondary N) is 3. The van der Waals surface area contributed by atoms with E-state index in [-0.39, 0.29) is 38.2 Å². The van der Waals surface area contributed by atoms with E-state index in [0.29, 0.717) is 45.3 Å². The van der Waals surface area contributed by atoms with E-state index in [2.05, 4.69) is 16.0 Å². The molecule has 0 fully saturated rings. The van der Waals surface area contributed by atoms with Crippen LogP contribution in [0, 0.1) is 5.92 Å². The lowest BCUT2D eigenvalue weighted by Gasteiger charge is -2.27. The molecule has 0 aliphatic rings. The lowest BCUT2D eigenvalue weighted by molar-refractivity contribution is -0.153. The number of ether oxygens (including phenoxy) is 6. The van der Waals surface area contributed by atoms with Crippen LogP contribution in [0.5, 0.6) is 17.2 Å². The largest absolute Gasteiger partial charge is 0.497 e. The van der Waals surface area contributed by atoms with Gasteiger partial charge in [0.05, 0.1) is 22.7 Å². The van der Waals surface area contributed by atoms with Gasteiger partial charge >= 0.3 is 18.0 Å². The summed E-state index contributed by atoms with van der Waals surface area (Å²) in [6, 6.07) is 34.9. The van der Waals surface area contributed by atoms with Crippen molar-refractivity contribution in [2.45, 2.75) is 76.3 Å². The summed E-state index contributed by atoms with van der Waals surface area (Å²) in [6.07, 6.45) is -1.83. The van der Waals surface area contributed by atoms with Gasteiger partial charge in [0, 0.05) is 17.9 Å². The quantitative estimate of drug-likeness (QED) is 0.0292. The highest BCUT2D eigenvalue weighted by Crippen LogP contribution is 2.27. The molecule has 5 rings (SSSR count). The monoisotopic (exact) mass is 935 g/mol. The minimum atomic E-state index is -2.25. The molecular formula is C52H59N3O11S. The first kappa shape index (κ1) is 49.4. The van der Waals surface area contributed by atoms with Crippen molar-refractivity contribution < 1.29 is 53.8 Å². The van der Waals surface area contributed by atoms with E-state index in [9.17, 15) is 25.3 Å². The number of carbonyl (C=O) groups excluding carboxylic acids is 5. The normalized spacial score (nSPS) is 12.9. The average Bonchev–Trinajstić information content (AvgIpc) is 3.36. The molecule has 0 spiro atoms. The van der Waals surface area contributed by atoms with Crippen LogP contribution in [0.4, 0.5) is 4.79 Å². The van der Waals surface area contributed by atoms with E-state index < -0.39 is 60.0 Å². The highest BCUT2D eigenvalue weighted by atomic mass is 32.2. The fourth-order valence-electron chi connectivity index (χ4n) is 6.62. The van der Waals surface area contributed by atoms with Gasteiger partial charge in [0.15, 0.2) is 6.10 Å². The Labute approximate surface area is 397 Å². The summed E-state index contributed by atoms with van der Waals surface area (Å²) in [5, 5.41) is 7.98. The van der Waals surface area contributed by atoms with Crippen molar-refractivity contribution in [1.82, 2.24) is 16.0 Å². The molecule has 0 saturated heterocycles. The van der Waals surface area contributed by atoms with Crippen molar-refractivity contribution >= 4 is 41.6 Å². The molecule has 3 amide bonds. The first-order valence-electron chi connectivity index (χ1n) is 22.3. The predicted molar refractivity (Wildman–Crippen MR) is 255 cm³/mol. The summed E-state index contributed by atoms with van der Waals surface area (Å²) >= 11 is 1.37. The van der Waals surface area contributed by atoms with E-state index in [1.807, 2.05) is 84.9 Å². The third-order valence-electron chi connectivity index (χ3n) is 10.4. The number of benzene rings is 5. The molecule has 3 atom stereocenters. The highest BCUT2D eigenvalue weighted by molar-refractivity contribution is 7.98. The molecule has 0 aliphatic heterocycles. The van der Waals surface area contributed by atoms with Gasteiger partial charge in [-0.3, -0.25) is 9.59 Å². The molecule has 0 heterocycles. The molecule has 0 bridgehead atoms. The average molecular weight is 936 g/mol. The Bertz CT molecular complexity index is 2340. The Kier molecular flexibility index (Phi) is 19.8. The molecule has 67 heavy (non-hydrogen) atoms. The zero-order chi connectivity index (χ0) is 48.9. The van der Waals surface area contributed by atoms with E-state index >= 15 is 0 Å². The molecule has 14 nitrogen and oxygen atoms in total. The van der Waals surface area contributed by atoms with E-state index in [1.165, 1.54) is 11.8 Å². The molecule has 354 valence electrons. The maximum absolute atomic E-state index is 14.2. The Hall–Kier alpha value is -7.00. The second-order valence-electron chi connectivity index (χ2n) is 15.6. The van der Waals surface area contributed by atoms with Crippen LogP contribution in [0.25, 0.3) is 0 Å². The van der Waals surface area contributed by atoms with Crippen LogP contribution in [-0.4, -0.2) is 75.0 Å². The van der Waals surface area contributed by atoms with E-state index in [1.54, 1.807) is 83.7 Å². The van der Waals surface area contributed by atoms with Crippen molar-refractivity contribution in [3.05, 3.63) is 161 Å². The topological polar surface area (TPSA) is 177 Å². The van der Waals surface area contributed by atoms with Gasteiger partial charge in [-0.15, -0.1) is 0 Å². The third kappa shape index (κ3) is 16.7. The molecule has 5 aromatic rings. The molecule has 0 radical (unpaired) electrons. The van der Waals surface area contributed by atoms with Crippen molar-refractivity contribution in [2.75, 3.05) is 27.1 Å². The van der Waals surface area contributed by atoms with Gasteiger partial charge in [-0.05, 0) is 83.0 Å². The molecular weight excluding hydrogens is 876 g/mol. The SMILES string of the molecule is [2H][C@](NC(=O)[C@H](CSCc1ccc(OC)cc1)NC(=O)CCC[C@@H](NC(=O)OCc1ccc(OC)cc1)C(=O)OCc1ccc(OC)cc1)(C(=O)OC(c1ccccc1)c1ccccc1)[13CH](C)C. The standard InChI is InChI=1S/C52H59N3O11S/c1-35(2)47(51(59)66-48(39-13-8-6-9-14-39)40-15-10-7-11-16-40)55-49(57)45(34-67-33-38-23-29-43(63-5)30-24-38)53-46(56)18-12-17-44(50(58)64-31-36-19-25-41(61-3)26-20-36)54-52(60)65-32-37-21-27-42(62-4)28-22-37/h6-11,13-16,19-30,35,44-45,47-48H,12,17-18,31-34H2,1-5H3,(H,53,56)(H,54,60)(H,55,57)/t44-,45+,47-/m1/s1/i35+1,47D. The molecule has 0 saturated carbocycles. The molecule has 3 N–H and O–H groups in total. The van der Waals surface area contributed by atoms with E-state index in [0.717, 1.165) is 5.56 Å². The third-order valence-corrected chi connectivity index (χ3v) is 11.5. The summed E-state index contributed by atoms with van der Waals surface area (Å²) in [5.74, 6) is -1.29. The Morgan fingerprint density at radius 1 is 0.582 bits per heavy atom. The summed E-state index contributed by atoms with van der Waals surface area (Å²) in [4.78, 5) is 68.5. The van der Waals surface area contributed by atoms with Crippen LogP contribution < -0.4 is 30.2 Å². The smallest absolute Gasteiger partial charge is 0.408 e. The predicted octanol–water partition coefficient (Wildman–Crippen LogP) is 8.11. The molecule has 5 aromatic carbocycles. The Morgan fingerprint density at radius 3 is 1.57 bits per heavy atom. The van der Waals surface area contributed by atoms with Crippen molar-refractivity contribution in [3.8, 4) is 17.2 Å². The zero-order valence-corrected chi connectivity index (χ0v) is 39.2. The lowest BCUT2D eigenvalue weighted by atomic mass is 10.0. The van der Waals surface area contributed by atoms with Crippen LogP contribution in [0.15, 0.2) is 133 Å². The van der Waals surface area contributed by atoms with Crippen molar-refractivity contribution in [2.24, 2.45) is 5.92 Å². The molecule has 15 heteroatoms. The van der Waals surface area contributed by atoms with Crippen LogP contribution in [-0.2, 0) is 52.4 Å². The second-order valence-corrected chi connectivity index (χ2v) is 16.6. The number of methoxy groups -OCH3 is 3. The zero-order valence-electron chi connectivity index (χ0n) is 39.4. The first-order chi connectivity index (χ1) is 32.8. The molecule has 0 unspecified atom stereocenters. The maximum atomic E-state index is 14.2. The lowest BCUT2D eigenvalue weighted by Crippen LogP contribution is -2.54. The van der Waals surface area contributed by atoms with E-state index in [4.69, 9.17) is 28.4 Å². The number of carbonyl (C=O) groups is 5. The number of esters is 2. The van der Waals surface area contributed by atoms with Gasteiger partial charge in [-0.2, -0.15) is 11.8 Å². The summed E-state index contributed by atoms with van der Waals surface area (Å²) in [7, 11) is 4.66. The van der Waals surface area contributed by atoms with Crippen LogP contribution >= 0.6 is 11.8 Å². The van der Waals surface area contributed by atoms with Gasteiger partial charge in [0.2, 0.25) is 11.8 Å². The van der Waals surface area contributed by atoms with Gasteiger partial charge in [-0.25, -0.2) is 14.4 Å². The maximum Gasteiger partial charge on any atom is 0.408 e. The number of rotatable bonds is 25. The fraction of sp³-hybridized carbons (Fsp3) is 0.327. The highest BCUT2D eigenvalue weighted by Gasteiger charge is 2.32. The van der Waals surface area contributed by atoms with Gasteiger partial charge in [-0.1, -0.05) is 111 Å². The van der Waals surface area contributed by atoms with Gasteiger partial charge < -0.3 is 44.4 Å². The number of hydrogen-bond donors (Lipinski definition) is 3. The van der Waals surface area contributed by atoms with Crippen LogP contribution in [0.2, 0.25) is 0 Å². The number of alkyl carbamates (subject to hydrolysis) is 1. The molecule has 0 aromatic heterocycles. The van der Waals surface area contributed by atoms with Gasteiger partial charge in [0.25, 0.3) is 0 Å². The Morgan fingerprint density at radius 2 is 1.07 bits per heavy atom. The Balaban J connectivity index is 1.28. The number of thioether (sulfide) groups is 1. The van der Waals surface area contributed by atoms with Gasteiger partial charge in [0.1, 0.15) is 48.6 Å². The summed E-state index contributed by atoms with van der Waals surface area (Å²) < 4.78 is 42.1. The first-order valence-corrected chi connectivity index (χ1v) is 23.0. The fourth-order valence-corrected chi connectivity index (χ4v) is 7.63. The second kappa shape index (κ2) is 26.8. The van der Waals surface area contributed by atoms with Crippen LogP contribution in [0.1, 0.15) is 68.4 Å². The van der Waals surface area contributed by atoms with Crippen molar-refractivity contribution in [1.29, 1.82) is 0 Å². The van der Waals surface area contributed by atoms with Crippen LogP contribution in [0.3, 0.4) is 0 Å². The molecule has 0 aliphatic carbocycles.